The molecule has 0 spiro atoms. The van der Waals surface area contributed by atoms with Crippen molar-refractivity contribution in [2.45, 2.75) is 6.92 Å². The first-order valence-corrected chi connectivity index (χ1v) is 4.68. The number of amides is 1. The number of aromatic amines is 1. The fourth-order valence-electron chi connectivity index (χ4n) is 1.33. The van der Waals surface area contributed by atoms with Crippen LogP contribution in [-0.2, 0) is 9.53 Å². The lowest BCUT2D eigenvalue weighted by Gasteiger charge is -2.36. The third-order valence-corrected chi connectivity index (χ3v) is 2.41. The second-order valence-electron chi connectivity index (χ2n) is 3.95. The number of hydrogen-bond acceptors (Lipinski definition) is 3. The van der Waals surface area contributed by atoms with Crippen molar-refractivity contribution in [1.29, 1.82) is 0 Å². The Hall–Kier alpha value is -1.62. The first-order valence-electron chi connectivity index (χ1n) is 4.68. The van der Waals surface area contributed by atoms with Crippen molar-refractivity contribution in [2.75, 3.05) is 18.5 Å². The van der Waals surface area contributed by atoms with Crippen LogP contribution in [0.15, 0.2) is 23.1 Å². The Labute approximate surface area is 86.5 Å². The summed E-state index contributed by atoms with van der Waals surface area (Å²) in [6, 6.07) is 2.74. The monoisotopic (exact) mass is 208 g/mol. The van der Waals surface area contributed by atoms with Crippen molar-refractivity contribution in [1.82, 2.24) is 4.98 Å². The van der Waals surface area contributed by atoms with Crippen LogP contribution in [0.2, 0.25) is 0 Å². The second kappa shape index (κ2) is 3.51. The Morgan fingerprint density at radius 3 is 2.87 bits per heavy atom. The molecular formula is C10H12N2O3. The van der Waals surface area contributed by atoms with Crippen molar-refractivity contribution in [2.24, 2.45) is 5.41 Å². The first kappa shape index (κ1) is 9.92. The molecule has 0 aromatic carbocycles. The molecule has 0 unspecified atom stereocenters. The lowest BCUT2D eigenvalue weighted by molar-refractivity contribution is -0.151. The van der Waals surface area contributed by atoms with Crippen molar-refractivity contribution < 1.29 is 9.53 Å². The minimum Gasteiger partial charge on any atom is -0.379 e. The van der Waals surface area contributed by atoms with Gasteiger partial charge in [-0.3, -0.25) is 9.59 Å². The summed E-state index contributed by atoms with van der Waals surface area (Å²) in [6.45, 7) is 2.68. The summed E-state index contributed by atoms with van der Waals surface area (Å²) in [5.74, 6) is 0.288. The molecule has 2 heterocycles. The van der Waals surface area contributed by atoms with Gasteiger partial charge in [-0.25, -0.2) is 0 Å². The highest BCUT2D eigenvalue weighted by molar-refractivity contribution is 5.95. The van der Waals surface area contributed by atoms with E-state index in [1.54, 1.807) is 0 Å². The molecule has 1 saturated heterocycles. The van der Waals surface area contributed by atoms with Gasteiger partial charge in [-0.15, -0.1) is 0 Å². The van der Waals surface area contributed by atoms with Crippen LogP contribution in [0.25, 0.3) is 0 Å². The molecule has 5 heteroatoms. The van der Waals surface area contributed by atoms with Gasteiger partial charge < -0.3 is 15.0 Å². The number of rotatable bonds is 2. The summed E-state index contributed by atoms with van der Waals surface area (Å²) in [6.07, 6.45) is 1.50. The molecule has 0 aliphatic carbocycles. The first-order chi connectivity index (χ1) is 7.10. The third kappa shape index (κ3) is 1.92. The molecule has 0 atom stereocenters. The highest BCUT2D eigenvalue weighted by Gasteiger charge is 2.41. The standard InChI is InChI=1S/C10H12N2O3/c1-10(5-15-6-10)9(14)12-8-4-7(13)2-3-11-8/h2-4H,5-6H2,1H3,(H2,11,12,13,14). The fraction of sp³-hybridized carbons (Fsp3) is 0.400. The zero-order valence-electron chi connectivity index (χ0n) is 8.37. The molecule has 15 heavy (non-hydrogen) atoms. The van der Waals surface area contributed by atoms with E-state index < -0.39 is 5.41 Å². The topological polar surface area (TPSA) is 71.2 Å². The number of aromatic nitrogens is 1. The zero-order valence-corrected chi connectivity index (χ0v) is 8.37. The van der Waals surface area contributed by atoms with Crippen LogP contribution in [-0.4, -0.2) is 24.1 Å². The number of anilines is 1. The van der Waals surface area contributed by atoms with Crippen LogP contribution < -0.4 is 10.7 Å². The minimum absolute atomic E-state index is 0.129. The van der Waals surface area contributed by atoms with Gasteiger partial charge in [-0.1, -0.05) is 0 Å². The van der Waals surface area contributed by atoms with Gasteiger partial charge in [0.15, 0.2) is 5.43 Å². The van der Waals surface area contributed by atoms with Gasteiger partial charge in [0, 0.05) is 18.3 Å². The average molecular weight is 208 g/mol. The Morgan fingerprint density at radius 2 is 2.33 bits per heavy atom. The molecule has 0 radical (unpaired) electrons. The molecule has 5 nitrogen and oxygen atoms in total. The van der Waals surface area contributed by atoms with E-state index in [0.717, 1.165) is 0 Å². The molecule has 1 amide bonds. The predicted octanol–water partition coefficient (Wildman–Crippen LogP) is 0.350. The van der Waals surface area contributed by atoms with E-state index in [0.29, 0.717) is 19.0 Å². The van der Waals surface area contributed by atoms with Gasteiger partial charge in [0.1, 0.15) is 5.82 Å². The molecular weight excluding hydrogens is 196 g/mol. The average Bonchev–Trinajstić information content (AvgIpc) is 2.14. The molecule has 80 valence electrons. The molecule has 1 aromatic rings. The summed E-state index contributed by atoms with van der Waals surface area (Å²) < 4.78 is 4.99. The molecule has 2 N–H and O–H groups in total. The van der Waals surface area contributed by atoms with Gasteiger partial charge in [-0.05, 0) is 6.92 Å². The number of ether oxygens (including phenoxy) is 1. The van der Waals surface area contributed by atoms with Crippen LogP contribution in [0.1, 0.15) is 6.92 Å². The van der Waals surface area contributed by atoms with Gasteiger partial charge >= 0.3 is 0 Å². The minimum atomic E-state index is -0.466. The highest BCUT2D eigenvalue weighted by Crippen LogP contribution is 2.27. The van der Waals surface area contributed by atoms with Crippen LogP contribution >= 0.6 is 0 Å². The summed E-state index contributed by atoms with van der Waals surface area (Å²) >= 11 is 0. The predicted molar refractivity (Wildman–Crippen MR) is 54.6 cm³/mol. The third-order valence-electron chi connectivity index (χ3n) is 2.41. The van der Waals surface area contributed by atoms with Gasteiger partial charge in [0.25, 0.3) is 0 Å². The molecule has 1 aliphatic rings. The number of pyridine rings is 1. The van der Waals surface area contributed by atoms with Crippen molar-refractivity contribution in [3.63, 3.8) is 0 Å². The number of hydrogen-bond donors (Lipinski definition) is 2. The zero-order chi connectivity index (χ0) is 10.9. The Kier molecular flexibility index (Phi) is 2.32. The van der Waals surface area contributed by atoms with E-state index in [1.165, 1.54) is 18.3 Å². The summed E-state index contributed by atoms with van der Waals surface area (Å²) in [7, 11) is 0. The van der Waals surface area contributed by atoms with Crippen LogP contribution in [0.3, 0.4) is 0 Å². The Balaban J connectivity index is 2.09. The van der Waals surface area contributed by atoms with E-state index in [-0.39, 0.29) is 11.3 Å². The number of H-pyrrole nitrogens is 1. The Morgan fingerprint density at radius 1 is 1.60 bits per heavy atom. The number of carbonyl (C=O) groups excluding carboxylic acids is 1. The molecule has 1 fully saturated rings. The second-order valence-corrected chi connectivity index (χ2v) is 3.95. The molecule has 2 rings (SSSR count). The van der Waals surface area contributed by atoms with Crippen LogP contribution in [0, 0.1) is 5.41 Å². The van der Waals surface area contributed by atoms with Crippen molar-refractivity contribution in [3.05, 3.63) is 28.6 Å². The van der Waals surface area contributed by atoms with Crippen LogP contribution in [0.5, 0.6) is 0 Å². The Bertz CT molecular complexity index is 434. The molecule has 1 aliphatic heterocycles. The quantitative estimate of drug-likeness (QED) is 0.736. The van der Waals surface area contributed by atoms with Gasteiger partial charge in [0.2, 0.25) is 5.91 Å². The maximum absolute atomic E-state index is 11.7. The highest BCUT2D eigenvalue weighted by atomic mass is 16.5. The SMILES string of the molecule is CC1(C(=O)Nc2cc(=O)cc[nH]2)COC1. The number of carbonyl (C=O) groups is 1. The van der Waals surface area contributed by atoms with Crippen molar-refractivity contribution in [3.8, 4) is 0 Å². The van der Waals surface area contributed by atoms with Gasteiger partial charge in [0.05, 0.1) is 18.6 Å². The maximum Gasteiger partial charge on any atom is 0.236 e. The maximum atomic E-state index is 11.7. The van der Waals surface area contributed by atoms with Gasteiger partial charge in [-0.2, -0.15) is 0 Å². The number of nitrogens with one attached hydrogen (secondary N) is 2. The lowest BCUT2D eigenvalue weighted by Crippen LogP contribution is -2.49. The molecule has 0 saturated carbocycles. The fourth-order valence-corrected chi connectivity index (χ4v) is 1.33. The van der Waals surface area contributed by atoms with Crippen LogP contribution in [0.4, 0.5) is 5.82 Å². The van der Waals surface area contributed by atoms with Crippen molar-refractivity contribution >= 4 is 11.7 Å². The van der Waals surface area contributed by atoms with E-state index in [4.69, 9.17) is 4.74 Å². The molecule has 1 aromatic heterocycles. The smallest absolute Gasteiger partial charge is 0.236 e. The van der Waals surface area contributed by atoms with E-state index in [9.17, 15) is 9.59 Å². The summed E-state index contributed by atoms with van der Waals surface area (Å²) in [5.41, 5.74) is -0.605. The summed E-state index contributed by atoms with van der Waals surface area (Å²) in [5, 5.41) is 2.65. The summed E-state index contributed by atoms with van der Waals surface area (Å²) in [4.78, 5) is 25.5. The van der Waals surface area contributed by atoms with E-state index in [2.05, 4.69) is 10.3 Å². The lowest BCUT2D eigenvalue weighted by atomic mass is 9.88. The molecule has 0 bridgehead atoms. The van der Waals surface area contributed by atoms with E-state index >= 15 is 0 Å². The van der Waals surface area contributed by atoms with E-state index in [1.807, 2.05) is 6.92 Å². The normalized spacial score (nSPS) is 17.9. The largest absolute Gasteiger partial charge is 0.379 e.